The van der Waals surface area contributed by atoms with Crippen LogP contribution in [-0.2, 0) is 11.3 Å². The number of nitrogens with zero attached hydrogens (tertiary/aromatic N) is 3. The van der Waals surface area contributed by atoms with Gasteiger partial charge in [-0.25, -0.2) is 4.98 Å². The molecule has 0 saturated heterocycles. The van der Waals surface area contributed by atoms with Gasteiger partial charge in [-0.1, -0.05) is 18.2 Å². The van der Waals surface area contributed by atoms with Gasteiger partial charge >= 0.3 is 0 Å². The molecule has 1 unspecified atom stereocenters. The van der Waals surface area contributed by atoms with E-state index < -0.39 is 0 Å². The zero-order valence-electron chi connectivity index (χ0n) is 19.5. The SMILES string of the molecule is C=Nc1cccnc1NCc1cc(OC)cc(OC(C)COC)c1.Cc1ccccc1C#N. The van der Waals surface area contributed by atoms with Crippen LogP contribution < -0.4 is 14.8 Å². The predicted molar refractivity (Wildman–Crippen MR) is 132 cm³/mol. The number of methoxy groups -OCH3 is 2. The molecule has 0 spiro atoms. The van der Waals surface area contributed by atoms with Crippen molar-refractivity contribution in [3.05, 3.63) is 77.5 Å². The average Bonchev–Trinajstić information content (AvgIpc) is 2.83. The highest BCUT2D eigenvalue weighted by molar-refractivity contribution is 5.63. The van der Waals surface area contributed by atoms with Crippen molar-refractivity contribution >= 4 is 18.2 Å². The molecule has 1 heterocycles. The molecule has 0 radical (unpaired) electrons. The zero-order chi connectivity index (χ0) is 24.1. The van der Waals surface area contributed by atoms with Crippen LogP contribution in [0.5, 0.6) is 11.5 Å². The van der Waals surface area contributed by atoms with E-state index in [1.807, 2.05) is 68.4 Å². The third-order valence-electron chi connectivity index (χ3n) is 4.60. The smallest absolute Gasteiger partial charge is 0.152 e. The molecule has 0 fully saturated rings. The van der Waals surface area contributed by atoms with E-state index in [-0.39, 0.29) is 6.10 Å². The van der Waals surface area contributed by atoms with Crippen molar-refractivity contribution in [3.63, 3.8) is 0 Å². The van der Waals surface area contributed by atoms with Gasteiger partial charge in [0.2, 0.25) is 0 Å². The van der Waals surface area contributed by atoms with E-state index in [1.165, 1.54) is 0 Å². The minimum absolute atomic E-state index is 0.0460. The number of pyridine rings is 1. The van der Waals surface area contributed by atoms with Gasteiger partial charge in [0.25, 0.3) is 0 Å². The lowest BCUT2D eigenvalue weighted by Crippen LogP contribution is -2.18. The van der Waals surface area contributed by atoms with Crippen molar-refractivity contribution in [1.82, 2.24) is 4.98 Å². The topological polar surface area (TPSA) is 88.8 Å². The first kappa shape index (κ1) is 25.4. The number of rotatable bonds is 9. The summed E-state index contributed by atoms with van der Waals surface area (Å²) in [5.41, 5.74) is 3.53. The lowest BCUT2D eigenvalue weighted by molar-refractivity contribution is 0.0919. The largest absolute Gasteiger partial charge is 0.497 e. The summed E-state index contributed by atoms with van der Waals surface area (Å²) in [5, 5.41) is 11.7. The Balaban J connectivity index is 0.000000357. The number of benzene rings is 2. The molecule has 7 heteroatoms. The van der Waals surface area contributed by atoms with E-state index in [9.17, 15) is 0 Å². The van der Waals surface area contributed by atoms with Crippen LogP contribution in [0.3, 0.4) is 0 Å². The molecule has 3 aromatic rings. The van der Waals surface area contributed by atoms with Crippen molar-refractivity contribution in [3.8, 4) is 17.6 Å². The molecule has 0 aliphatic rings. The summed E-state index contributed by atoms with van der Waals surface area (Å²) in [6.07, 6.45) is 1.67. The Morgan fingerprint density at radius 3 is 2.52 bits per heavy atom. The third kappa shape index (κ3) is 8.28. The summed E-state index contributed by atoms with van der Waals surface area (Å²) in [6, 6.07) is 19.1. The highest BCUT2D eigenvalue weighted by Gasteiger charge is 2.08. The maximum atomic E-state index is 8.47. The van der Waals surface area contributed by atoms with Crippen molar-refractivity contribution in [2.24, 2.45) is 4.99 Å². The second-order valence-electron chi connectivity index (χ2n) is 7.21. The Kier molecular flexibility index (Phi) is 10.4. The minimum Gasteiger partial charge on any atom is -0.497 e. The maximum Gasteiger partial charge on any atom is 0.152 e. The molecule has 1 N–H and O–H groups in total. The van der Waals surface area contributed by atoms with Crippen LogP contribution in [-0.4, -0.2) is 38.6 Å². The Morgan fingerprint density at radius 1 is 1.12 bits per heavy atom. The van der Waals surface area contributed by atoms with Crippen LogP contribution in [0.15, 0.2) is 65.8 Å². The van der Waals surface area contributed by atoms with Gasteiger partial charge in [0, 0.05) is 25.9 Å². The van der Waals surface area contributed by atoms with Gasteiger partial charge in [0.1, 0.15) is 23.3 Å². The van der Waals surface area contributed by atoms with Crippen molar-refractivity contribution in [2.45, 2.75) is 26.5 Å². The van der Waals surface area contributed by atoms with Gasteiger partial charge in [-0.15, -0.1) is 0 Å². The molecule has 0 aliphatic carbocycles. The number of aliphatic imine (C=N–C) groups is 1. The summed E-state index contributed by atoms with van der Waals surface area (Å²) in [7, 11) is 3.28. The number of aryl methyl sites for hydroxylation is 1. The molecule has 2 aromatic carbocycles. The summed E-state index contributed by atoms with van der Waals surface area (Å²) >= 11 is 0. The number of ether oxygens (including phenoxy) is 3. The van der Waals surface area contributed by atoms with Gasteiger partial charge < -0.3 is 19.5 Å². The molecule has 0 saturated carbocycles. The van der Waals surface area contributed by atoms with Gasteiger partial charge in [-0.2, -0.15) is 5.26 Å². The lowest BCUT2D eigenvalue weighted by atomic mass is 10.1. The van der Waals surface area contributed by atoms with Gasteiger partial charge in [-0.3, -0.25) is 4.99 Å². The summed E-state index contributed by atoms with van der Waals surface area (Å²) in [4.78, 5) is 8.23. The minimum atomic E-state index is -0.0460. The summed E-state index contributed by atoms with van der Waals surface area (Å²) < 4.78 is 16.3. The number of hydrogen-bond donors (Lipinski definition) is 1. The first-order chi connectivity index (χ1) is 16.0. The van der Waals surface area contributed by atoms with E-state index in [1.54, 1.807) is 20.4 Å². The van der Waals surface area contributed by atoms with Crippen molar-refractivity contribution < 1.29 is 14.2 Å². The van der Waals surface area contributed by atoms with Crippen LogP contribution in [0.1, 0.15) is 23.6 Å². The Morgan fingerprint density at radius 2 is 1.88 bits per heavy atom. The molecule has 0 bridgehead atoms. The first-order valence-electron chi connectivity index (χ1n) is 10.5. The number of aromatic nitrogens is 1. The molecule has 7 nitrogen and oxygen atoms in total. The third-order valence-corrected chi connectivity index (χ3v) is 4.60. The molecule has 3 rings (SSSR count). The Hall–Kier alpha value is -3.89. The fourth-order valence-corrected chi connectivity index (χ4v) is 2.96. The molecule has 33 heavy (non-hydrogen) atoms. The number of anilines is 1. The molecule has 172 valence electrons. The number of hydrogen-bond acceptors (Lipinski definition) is 7. The quantitative estimate of drug-likeness (QED) is 0.448. The lowest BCUT2D eigenvalue weighted by Gasteiger charge is -2.16. The molecule has 1 atom stereocenters. The van der Waals surface area contributed by atoms with Crippen molar-refractivity contribution in [1.29, 1.82) is 5.26 Å². The van der Waals surface area contributed by atoms with E-state index >= 15 is 0 Å². The molecular formula is C26H30N4O3. The highest BCUT2D eigenvalue weighted by atomic mass is 16.5. The van der Waals surface area contributed by atoms with Crippen LogP contribution in [0.2, 0.25) is 0 Å². The van der Waals surface area contributed by atoms with Crippen molar-refractivity contribution in [2.75, 3.05) is 26.1 Å². The van der Waals surface area contributed by atoms with E-state index in [2.05, 4.69) is 28.1 Å². The van der Waals surface area contributed by atoms with Gasteiger partial charge in [-0.05, 0) is 62.0 Å². The van der Waals surface area contributed by atoms with E-state index in [4.69, 9.17) is 19.5 Å². The Bertz CT molecular complexity index is 1080. The summed E-state index contributed by atoms with van der Waals surface area (Å²) in [5.74, 6) is 2.15. The van der Waals surface area contributed by atoms with Gasteiger partial charge in [0.05, 0.1) is 25.3 Å². The second-order valence-corrected chi connectivity index (χ2v) is 7.21. The molecule has 0 amide bonds. The van der Waals surface area contributed by atoms with Crippen LogP contribution >= 0.6 is 0 Å². The van der Waals surface area contributed by atoms with Crippen LogP contribution in [0.25, 0.3) is 0 Å². The first-order valence-corrected chi connectivity index (χ1v) is 10.5. The fourth-order valence-electron chi connectivity index (χ4n) is 2.96. The predicted octanol–water partition coefficient (Wildman–Crippen LogP) is 5.31. The molecular weight excluding hydrogens is 416 g/mol. The van der Waals surface area contributed by atoms with Crippen LogP contribution in [0, 0.1) is 18.3 Å². The zero-order valence-corrected chi connectivity index (χ0v) is 19.5. The second kappa shape index (κ2) is 13.5. The maximum absolute atomic E-state index is 8.47. The summed E-state index contributed by atoms with van der Waals surface area (Å²) in [6.45, 7) is 8.52. The monoisotopic (exact) mass is 446 g/mol. The van der Waals surface area contributed by atoms with E-state index in [0.717, 1.165) is 28.2 Å². The highest BCUT2D eigenvalue weighted by Crippen LogP contribution is 2.26. The van der Waals surface area contributed by atoms with Crippen LogP contribution in [0.4, 0.5) is 11.5 Å². The van der Waals surface area contributed by atoms with E-state index in [0.29, 0.717) is 24.7 Å². The normalized spacial score (nSPS) is 10.8. The number of nitriles is 1. The number of nitrogens with one attached hydrogen (secondary N) is 1. The standard InChI is InChI=1S/C18H23N3O3.C8H7N/c1-13(12-22-3)24-16-9-14(8-15(10-16)23-4)11-21-18-17(19-2)6-5-7-20-18;1-7-4-2-3-5-8(7)6-9/h5-10,13H,2,11-12H2,1,3-4H3,(H,20,21);2-5H,1H3. The average molecular weight is 447 g/mol. The molecule has 0 aliphatic heterocycles. The molecule has 1 aromatic heterocycles. The van der Waals surface area contributed by atoms with Gasteiger partial charge in [0.15, 0.2) is 5.82 Å². The fraction of sp³-hybridized carbons (Fsp3) is 0.269. The Labute approximate surface area is 195 Å².